The van der Waals surface area contributed by atoms with Gasteiger partial charge in [-0.3, -0.25) is 14.5 Å². The number of hydrogen-bond donors (Lipinski definition) is 2. The summed E-state index contributed by atoms with van der Waals surface area (Å²) < 4.78 is 25.8. The lowest BCUT2D eigenvalue weighted by atomic mass is 9.98. The molecule has 2 N–H and O–H groups in total. The minimum atomic E-state index is -3.60. The molecule has 8 nitrogen and oxygen atoms in total. The maximum atomic E-state index is 12.4. The molecule has 0 saturated carbocycles. The molecule has 9 heteroatoms. The highest BCUT2D eigenvalue weighted by atomic mass is 32.2. The molecule has 0 spiro atoms. The summed E-state index contributed by atoms with van der Waals surface area (Å²) in [7, 11) is -0.696. The number of carboxylic acids is 1. The van der Waals surface area contributed by atoms with Gasteiger partial charge in [-0.15, -0.1) is 0 Å². The van der Waals surface area contributed by atoms with Crippen LogP contribution in [0.1, 0.15) is 18.4 Å². The summed E-state index contributed by atoms with van der Waals surface area (Å²) in [6.45, 7) is 2.79. The van der Waals surface area contributed by atoms with Crippen LogP contribution in [0, 0.1) is 12.8 Å². The number of nitrogens with zero attached hydrogens (tertiary/aromatic N) is 2. The molecule has 1 amide bonds. The van der Waals surface area contributed by atoms with Crippen molar-refractivity contribution in [1.29, 1.82) is 0 Å². The van der Waals surface area contributed by atoms with E-state index >= 15 is 0 Å². The number of carbonyl (C=O) groups is 2. The molecule has 1 aromatic carbocycles. The zero-order valence-corrected chi connectivity index (χ0v) is 16.0. The SMILES string of the molecule is Cc1ccc(NC(=O)CN2CCCC(C(=O)O)C2)cc1S(=O)(=O)N(C)C. The van der Waals surface area contributed by atoms with Crippen LogP contribution in [-0.4, -0.2) is 68.3 Å². The highest BCUT2D eigenvalue weighted by Crippen LogP contribution is 2.22. The summed E-state index contributed by atoms with van der Waals surface area (Å²) in [5.74, 6) is -1.59. The van der Waals surface area contributed by atoms with Gasteiger partial charge in [0.2, 0.25) is 15.9 Å². The molecule has 26 heavy (non-hydrogen) atoms. The third kappa shape index (κ3) is 4.80. The molecule has 1 aliphatic heterocycles. The number of aliphatic carboxylic acids is 1. The predicted molar refractivity (Wildman–Crippen MR) is 97.5 cm³/mol. The first-order chi connectivity index (χ1) is 12.1. The second kappa shape index (κ2) is 8.15. The Morgan fingerprint density at radius 2 is 2.04 bits per heavy atom. The molecule has 0 aliphatic carbocycles. The van der Waals surface area contributed by atoms with Crippen molar-refractivity contribution in [3.8, 4) is 0 Å². The maximum absolute atomic E-state index is 12.4. The second-order valence-corrected chi connectivity index (χ2v) is 8.85. The quantitative estimate of drug-likeness (QED) is 0.758. The number of anilines is 1. The lowest BCUT2D eigenvalue weighted by Gasteiger charge is -2.29. The molecule has 1 aromatic rings. The van der Waals surface area contributed by atoms with E-state index in [4.69, 9.17) is 5.11 Å². The van der Waals surface area contributed by atoms with Gasteiger partial charge < -0.3 is 10.4 Å². The highest BCUT2D eigenvalue weighted by molar-refractivity contribution is 7.89. The Labute approximate surface area is 153 Å². The highest BCUT2D eigenvalue weighted by Gasteiger charge is 2.26. The van der Waals surface area contributed by atoms with E-state index in [1.807, 2.05) is 4.90 Å². The van der Waals surface area contributed by atoms with Crippen molar-refractivity contribution in [3.05, 3.63) is 23.8 Å². The molecule has 0 radical (unpaired) electrons. The number of piperidine rings is 1. The number of carboxylic acid groups (broad SMARTS) is 1. The zero-order valence-electron chi connectivity index (χ0n) is 15.2. The fraction of sp³-hybridized carbons (Fsp3) is 0.529. The topological polar surface area (TPSA) is 107 Å². The Morgan fingerprint density at radius 3 is 2.65 bits per heavy atom. The molecule has 1 aliphatic rings. The molecular formula is C17H25N3O5S. The van der Waals surface area contributed by atoms with Gasteiger partial charge in [0.15, 0.2) is 0 Å². The van der Waals surface area contributed by atoms with Crippen molar-refractivity contribution in [1.82, 2.24) is 9.21 Å². The number of likely N-dealkylation sites (tertiary alicyclic amines) is 1. The van der Waals surface area contributed by atoms with Crippen molar-refractivity contribution in [2.24, 2.45) is 5.92 Å². The van der Waals surface area contributed by atoms with Gasteiger partial charge in [-0.2, -0.15) is 0 Å². The van der Waals surface area contributed by atoms with Gasteiger partial charge in [-0.25, -0.2) is 12.7 Å². The fourth-order valence-electron chi connectivity index (χ4n) is 2.96. The lowest BCUT2D eigenvalue weighted by Crippen LogP contribution is -2.42. The van der Waals surface area contributed by atoms with Crippen LogP contribution < -0.4 is 5.32 Å². The molecule has 0 bridgehead atoms. The number of nitrogens with one attached hydrogen (secondary N) is 1. The second-order valence-electron chi connectivity index (χ2n) is 6.73. The van der Waals surface area contributed by atoms with Gasteiger partial charge in [0.25, 0.3) is 0 Å². The predicted octanol–water partition coefficient (Wildman–Crippen LogP) is 0.980. The van der Waals surface area contributed by atoms with E-state index in [0.717, 1.165) is 10.7 Å². The summed E-state index contributed by atoms with van der Waals surface area (Å²) in [5.41, 5.74) is 0.991. The minimum Gasteiger partial charge on any atom is -0.481 e. The van der Waals surface area contributed by atoms with E-state index in [1.165, 1.54) is 20.2 Å². The van der Waals surface area contributed by atoms with E-state index in [1.54, 1.807) is 19.1 Å². The Hall–Kier alpha value is -1.97. The standard InChI is InChI=1S/C17H25N3O5S/c1-12-6-7-14(9-15(12)26(24,25)19(2)3)18-16(21)11-20-8-4-5-13(10-20)17(22)23/h6-7,9,13H,4-5,8,10-11H2,1-3H3,(H,18,21)(H,22,23). The molecular weight excluding hydrogens is 358 g/mol. The van der Waals surface area contributed by atoms with Gasteiger partial charge in [0.1, 0.15) is 0 Å². The van der Waals surface area contributed by atoms with Crippen molar-refractivity contribution in [2.75, 3.05) is 39.0 Å². The van der Waals surface area contributed by atoms with Crippen LogP contribution in [0.2, 0.25) is 0 Å². The Balaban J connectivity index is 2.07. The molecule has 0 aromatic heterocycles. The first-order valence-electron chi connectivity index (χ1n) is 8.39. The van der Waals surface area contributed by atoms with Gasteiger partial charge in [-0.1, -0.05) is 6.07 Å². The molecule has 1 unspecified atom stereocenters. The normalized spacial score (nSPS) is 18.7. The zero-order chi connectivity index (χ0) is 19.5. The Bertz CT molecular complexity index is 792. The van der Waals surface area contributed by atoms with E-state index in [2.05, 4.69) is 5.32 Å². The van der Waals surface area contributed by atoms with Gasteiger partial charge in [-0.05, 0) is 44.0 Å². The van der Waals surface area contributed by atoms with Crippen LogP contribution >= 0.6 is 0 Å². The summed E-state index contributed by atoms with van der Waals surface area (Å²) in [6, 6.07) is 4.74. The van der Waals surface area contributed by atoms with Gasteiger partial charge in [0, 0.05) is 26.3 Å². The summed E-state index contributed by atoms with van der Waals surface area (Å²) in [4.78, 5) is 25.3. The third-order valence-electron chi connectivity index (χ3n) is 4.45. The monoisotopic (exact) mass is 383 g/mol. The first-order valence-corrected chi connectivity index (χ1v) is 9.83. The molecule has 1 heterocycles. The van der Waals surface area contributed by atoms with E-state index < -0.39 is 21.9 Å². The van der Waals surface area contributed by atoms with Crippen LogP contribution in [0.15, 0.2) is 23.1 Å². The van der Waals surface area contributed by atoms with Crippen LogP contribution in [0.5, 0.6) is 0 Å². The summed E-state index contributed by atoms with van der Waals surface area (Å²) >= 11 is 0. The first kappa shape index (κ1) is 20.3. The van der Waals surface area contributed by atoms with Crippen molar-refractivity contribution >= 4 is 27.6 Å². The maximum Gasteiger partial charge on any atom is 0.307 e. The largest absolute Gasteiger partial charge is 0.481 e. The van der Waals surface area contributed by atoms with Gasteiger partial charge in [0.05, 0.1) is 17.4 Å². The smallest absolute Gasteiger partial charge is 0.307 e. The fourth-order valence-corrected chi connectivity index (χ4v) is 4.10. The van der Waals surface area contributed by atoms with Crippen LogP contribution in [0.3, 0.4) is 0 Å². The summed E-state index contributed by atoms with van der Waals surface area (Å²) in [5, 5.41) is 11.8. The number of carbonyl (C=O) groups excluding carboxylic acids is 1. The van der Waals surface area contributed by atoms with E-state index in [0.29, 0.717) is 30.8 Å². The molecule has 2 rings (SSSR count). The average molecular weight is 383 g/mol. The molecule has 1 saturated heterocycles. The number of rotatable bonds is 6. The van der Waals surface area contributed by atoms with Crippen LogP contribution in [0.25, 0.3) is 0 Å². The van der Waals surface area contributed by atoms with E-state index in [-0.39, 0.29) is 17.3 Å². The molecule has 1 atom stereocenters. The number of aryl methyl sites for hydroxylation is 1. The van der Waals surface area contributed by atoms with Crippen molar-refractivity contribution in [2.45, 2.75) is 24.7 Å². The number of amides is 1. The number of benzene rings is 1. The number of sulfonamides is 1. The van der Waals surface area contributed by atoms with Crippen molar-refractivity contribution < 1.29 is 23.1 Å². The Morgan fingerprint density at radius 1 is 1.35 bits per heavy atom. The average Bonchev–Trinajstić information content (AvgIpc) is 2.56. The lowest BCUT2D eigenvalue weighted by molar-refractivity contribution is -0.144. The van der Waals surface area contributed by atoms with Gasteiger partial charge >= 0.3 is 5.97 Å². The van der Waals surface area contributed by atoms with Crippen LogP contribution in [-0.2, 0) is 19.6 Å². The molecule has 1 fully saturated rings. The third-order valence-corrected chi connectivity index (χ3v) is 6.41. The minimum absolute atomic E-state index is 0.0768. The Kier molecular flexibility index (Phi) is 6.38. The van der Waals surface area contributed by atoms with Crippen molar-refractivity contribution in [3.63, 3.8) is 0 Å². The summed E-state index contributed by atoms with van der Waals surface area (Å²) in [6.07, 6.45) is 1.36. The molecule has 144 valence electrons. The number of hydrogen-bond acceptors (Lipinski definition) is 5. The van der Waals surface area contributed by atoms with Crippen LogP contribution in [0.4, 0.5) is 5.69 Å². The van der Waals surface area contributed by atoms with E-state index in [9.17, 15) is 18.0 Å².